The van der Waals surface area contributed by atoms with Crippen LogP contribution in [0.4, 0.5) is 5.69 Å². The lowest BCUT2D eigenvalue weighted by Crippen LogP contribution is -2.25. The Hall–Kier alpha value is -1.13. The molecule has 0 radical (unpaired) electrons. The summed E-state index contributed by atoms with van der Waals surface area (Å²) in [7, 11) is 0. The lowest BCUT2D eigenvalue weighted by atomic mass is 9.82. The zero-order valence-electron chi connectivity index (χ0n) is 9.54. The van der Waals surface area contributed by atoms with Crippen molar-refractivity contribution in [1.82, 2.24) is 0 Å². The van der Waals surface area contributed by atoms with Crippen molar-refractivity contribution in [2.75, 3.05) is 0 Å². The van der Waals surface area contributed by atoms with Crippen molar-refractivity contribution in [2.45, 2.75) is 37.6 Å². The number of non-ortho nitro benzene ring substituents is 1. The van der Waals surface area contributed by atoms with E-state index in [2.05, 4.69) is 0 Å². The normalized spacial score (nSPS) is 23.8. The van der Waals surface area contributed by atoms with Gasteiger partial charge in [0.25, 0.3) is 5.69 Å². The van der Waals surface area contributed by atoms with E-state index in [4.69, 9.17) is 5.73 Å². The van der Waals surface area contributed by atoms with Crippen molar-refractivity contribution in [3.8, 4) is 0 Å². The summed E-state index contributed by atoms with van der Waals surface area (Å²) >= 11 is 0. The summed E-state index contributed by atoms with van der Waals surface area (Å²) in [6.07, 6.45) is 4.31. The molecule has 94 valence electrons. The quantitative estimate of drug-likeness (QED) is 0.653. The van der Waals surface area contributed by atoms with E-state index in [-0.39, 0.29) is 23.0 Å². The average molecular weight is 257 g/mol. The first kappa shape index (κ1) is 13.9. The second-order valence-electron chi connectivity index (χ2n) is 4.46. The minimum Gasteiger partial charge on any atom is -0.328 e. The molecule has 0 bridgehead atoms. The SMILES string of the molecule is Cl.NC1CCC(c2ccc([N+](=O)[O-])cc2)CC1. The third-order valence-corrected chi connectivity index (χ3v) is 3.35. The summed E-state index contributed by atoms with van der Waals surface area (Å²) in [6, 6.07) is 7.27. The fraction of sp³-hybridized carbons (Fsp3) is 0.500. The number of benzene rings is 1. The van der Waals surface area contributed by atoms with Gasteiger partial charge in [0.05, 0.1) is 4.92 Å². The number of nitrogens with zero attached hydrogens (tertiary/aromatic N) is 1. The number of hydrogen-bond acceptors (Lipinski definition) is 3. The highest BCUT2D eigenvalue weighted by atomic mass is 35.5. The zero-order chi connectivity index (χ0) is 11.5. The largest absolute Gasteiger partial charge is 0.328 e. The lowest BCUT2D eigenvalue weighted by molar-refractivity contribution is -0.384. The number of rotatable bonds is 2. The fourth-order valence-corrected chi connectivity index (χ4v) is 2.32. The monoisotopic (exact) mass is 256 g/mol. The van der Waals surface area contributed by atoms with E-state index in [9.17, 15) is 10.1 Å². The molecule has 1 saturated carbocycles. The van der Waals surface area contributed by atoms with E-state index >= 15 is 0 Å². The van der Waals surface area contributed by atoms with Crippen molar-refractivity contribution < 1.29 is 4.92 Å². The summed E-state index contributed by atoms with van der Waals surface area (Å²) in [6.45, 7) is 0. The Morgan fingerprint density at radius 3 is 2.12 bits per heavy atom. The number of hydrogen-bond donors (Lipinski definition) is 1. The number of nitro groups is 1. The molecule has 1 fully saturated rings. The van der Waals surface area contributed by atoms with Crippen molar-refractivity contribution in [2.24, 2.45) is 5.73 Å². The second-order valence-corrected chi connectivity index (χ2v) is 4.46. The van der Waals surface area contributed by atoms with Gasteiger partial charge in [0, 0.05) is 18.2 Å². The summed E-state index contributed by atoms with van der Waals surface area (Å²) in [5, 5.41) is 10.5. The Morgan fingerprint density at radius 1 is 1.12 bits per heavy atom. The molecule has 0 heterocycles. The van der Waals surface area contributed by atoms with Gasteiger partial charge in [-0.15, -0.1) is 12.4 Å². The Balaban J connectivity index is 0.00000144. The maximum Gasteiger partial charge on any atom is 0.269 e. The molecular formula is C12H17ClN2O2. The van der Waals surface area contributed by atoms with Gasteiger partial charge in [0.1, 0.15) is 0 Å². The summed E-state index contributed by atoms with van der Waals surface area (Å²) in [5.74, 6) is 0.528. The van der Waals surface area contributed by atoms with E-state index in [0.717, 1.165) is 25.7 Å². The maximum absolute atomic E-state index is 10.5. The smallest absolute Gasteiger partial charge is 0.269 e. The summed E-state index contributed by atoms with van der Waals surface area (Å²) in [5.41, 5.74) is 7.22. The molecule has 0 aromatic heterocycles. The van der Waals surface area contributed by atoms with Gasteiger partial charge in [-0.25, -0.2) is 0 Å². The first-order chi connectivity index (χ1) is 7.66. The maximum atomic E-state index is 10.5. The molecule has 2 N–H and O–H groups in total. The van der Waals surface area contributed by atoms with Crippen LogP contribution in [0.25, 0.3) is 0 Å². The first-order valence-electron chi connectivity index (χ1n) is 5.67. The molecule has 0 saturated heterocycles. The molecule has 4 nitrogen and oxygen atoms in total. The van der Waals surface area contributed by atoms with Crippen LogP contribution < -0.4 is 5.73 Å². The van der Waals surface area contributed by atoms with E-state index < -0.39 is 0 Å². The molecule has 0 spiro atoms. The van der Waals surface area contributed by atoms with Gasteiger partial charge in [-0.2, -0.15) is 0 Å². The standard InChI is InChI=1S/C12H16N2O2.ClH/c13-11-5-1-9(2-6-11)10-3-7-12(8-4-10)14(15)16;/h3-4,7-9,11H,1-2,5-6,13H2;1H. The van der Waals surface area contributed by atoms with Gasteiger partial charge in [-0.05, 0) is 37.2 Å². The van der Waals surface area contributed by atoms with Crippen molar-refractivity contribution >= 4 is 18.1 Å². The second kappa shape index (κ2) is 5.98. The Labute approximate surface area is 107 Å². The molecule has 5 heteroatoms. The predicted molar refractivity (Wildman–Crippen MR) is 69.5 cm³/mol. The molecule has 1 aliphatic carbocycles. The third kappa shape index (κ3) is 3.41. The number of nitrogens with two attached hydrogens (primary N) is 1. The highest BCUT2D eigenvalue weighted by molar-refractivity contribution is 5.85. The van der Waals surface area contributed by atoms with Crippen LogP contribution in [0.5, 0.6) is 0 Å². The first-order valence-corrected chi connectivity index (χ1v) is 5.67. The van der Waals surface area contributed by atoms with E-state index in [1.807, 2.05) is 12.1 Å². The van der Waals surface area contributed by atoms with Crippen LogP contribution in [0.3, 0.4) is 0 Å². The molecule has 17 heavy (non-hydrogen) atoms. The summed E-state index contributed by atoms with van der Waals surface area (Å²) in [4.78, 5) is 10.2. The van der Waals surface area contributed by atoms with E-state index in [1.54, 1.807) is 12.1 Å². The molecule has 1 aliphatic rings. The van der Waals surface area contributed by atoms with Crippen molar-refractivity contribution in [3.63, 3.8) is 0 Å². The van der Waals surface area contributed by atoms with Crippen LogP contribution >= 0.6 is 12.4 Å². The van der Waals surface area contributed by atoms with Crippen molar-refractivity contribution in [1.29, 1.82) is 0 Å². The van der Waals surface area contributed by atoms with Gasteiger partial charge in [-0.1, -0.05) is 12.1 Å². The Kier molecular flexibility index (Phi) is 4.90. The third-order valence-electron chi connectivity index (χ3n) is 3.35. The highest BCUT2D eigenvalue weighted by Crippen LogP contribution is 2.32. The van der Waals surface area contributed by atoms with Gasteiger partial charge in [-0.3, -0.25) is 10.1 Å². The molecule has 0 atom stereocenters. The topological polar surface area (TPSA) is 69.2 Å². The lowest BCUT2D eigenvalue weighted by Gasteiger charge is -2.26. The van der Waals surface area contributed by atoms with Gasteiger partial charge >= 0.3 is 0 Å². The summed E-state index contributed by atoms with van der Waals surface area (Å²) < 4.78 is 0. The minimum absolute atomic E-state index is 0. The van der Waals surface area contributed by atoms with Crippen molar-refractivity contribution in [3.05, 3.63) is 39.9 Å². The number of nitro benzene ring substituents is 1. The Morgan fingerprint density at radius 2 is 1.65 bits per heavy atom. The average Bonchev–Trinajstić information content (AvgIpc) is 2.30. The van der Waals surface area contributed by atoms with Gasteiger partial charge < -0.3 is 5.73 Å². The molecule has 0 amide bonds. The Bertz CT molecular complexity index is 373. The zero-order valence-corrected chi connectivity index (χ0v) is 10.4. The van der Waals surface area contributed by atoms with E-state index in [1.165, 1.54) is 5.56 Å². The van der Waals surface area contributed by atoms with Gasteiger partial charge in [0.2, 0.25) is 0 Å². The minimum atomic E-state index is -0.361. The van der Waals surface area contributed by atoms with Crippen LogP contribution in [0.15, 0.2) is 24.3 Å². The number of halogens is 1. The van der Waals surface area contributed by atoms with Crippen LogP contribution in [-0.2, 0) is 0 Å². The predicted octanol–water partition coefficient (Wildman–Crippen LogP) is 3.00. The molecule has 1 aromatic carbocycles. The molecule has 1 aromatic rings. The molecule has 2 rings (SSSR count). The van der Waals surface area contributed by atoms with Crippen LogP contribution in [0, 0.1) is 10.1 Å². The molecule has 0 unspecified atom stereocenters. The fourth-order valence-electron chi connectivity index (χ4n) is 2.32. The van der Waals surface area contributed by atoms with Crippen LogP contribution in [0.1, 0.15) is 37.2 Å². The van der Waals surface area contributed by atoms with Crippen LogP contribution in [0.2, 0.25) is 0 Å². The molecule has 0 aliphatic heterocycles. The highest BCUT2D eigenvalue weighted by Gasteiger charge is 2.20. The van der Waals surface area contributed by atoms with Crippen LogP contribution in [-0.4, -0.2) is 11.0 Å². The van der Waals surface area contributed by atoms with Gasteiger partial charge in [0.15, 0.2) is 0 Å². The van der Waals surface area contributed by atoms with E-state index in [0.29, 0.717) is 12.0 Å². The molecular weight excluding hydrogens is 240 g/mol.